The molecule has 0 amide bonds. The van der Waals surface area contributed by atoms with E-state index in [2.05, 4.69) is 33.9 Å². The van der Waals surface area contributed by atoms with Gasteiger partial charge in [0.2, 0.25) is 10.0 Å². The van der Waals surface area contributed by atoms with Gasteiger partial charge in [0.05, 0.1) is 4.90 Å². The normalized spacial score (nSPS) is 13.4. The van der Waals surface area contributed by atoms with Crippen molar-refractivity contribution in [2.24, 2.45) is 5.14 Å². The molecule has 6 heteroatoms. The van der Waals surface area contributed by atoms with Gasteiger partial charge in [0, 0.05) is 10.8 Å². The monoisotopic (exact) mass is 337 g/mol. The van der Waals surface area contributed by atoms with Crippen LogP contribution in [0, 0.1) is 0 Å². The topological polar surface area (TPSA) is 69.4 Å². The van der Waals surface area contributed by atoms with Crippen LogP contribution in [0.4, 0.5) is 0 Å². The molecule has 120 valence electrons. The minimum atomic E-state index is -3.76. The van der Waals surface area contributed by atoms with Gasteiger partial charge in [-0.05, 0) is 30.3 Å². The summed E-state index contributed by atoms with van der Waals surface area (Å²) in [4.78, 5) is 0.130. The number of hydrogen-bond donors (Lipinski definition) is 1. The van der Waals surface area contributed by atoms with Crippen LogP contribution < -0.4 is 9.56 Å². The summed E-state index contributed by atoms with van der Waals surface area (Å²) >= 11 is 0. The predicted molar refractivity (Wildman–Crippen MR) is 93.1 cm³/mol. The smallest absolute Gasteiger partial charge is 0.250 e. The van der Waals surface area contributed by atoms with Crippen molar-refractivity contribution in [1.29, 1.82) is 0 Å². The van der Waals surface area contributed by atoms with Crippen LogP contribution in [0.3, 0.4) is 0 Å². The molecule has 0 fully saturated rings. The lowest BCUT2D eigenvalue weighted by Gasteiger charge is -2.36. The van der Waals surface area contributed by atoms with Gasteiger partial charge in [-0.3, -0.25) is 0 Å². The number of primary sulfonamides is 1. The van der Waals surface area contributed by atoms with Crippen molar-refractivity contribution >= 4 is 29.1 Å². The lowest BCUT2D eigenvalue weighted by Crippen LogP contribution is -2.43. The van der Waals surface area contributed by atoms with Gasteiger partial charge in [0.25, 0.3) is 8.32 Å². The minimum Gasteiger partial charge on any atom is -0.543 e. The van der Waals surface area contributed by atoms with Crippen LogP contribution in [0.2, 0.25) is 18.1 Å². The molecule has 0 saturated carbocycles. The molecule has 0 aromatic heterocycles. The first-order chi connectivity index (χ1) is 9.93. The zero-order valence-electron chi connectivity index (χ0n) is 13.7. The maximum absolute atomic E-state index is 11.7. The van der Waals surface area contributed by atoms with Gasteiger partial charge in [-0.25, -0.2) is 13.6 Å². The Kier molecular flexibility index (Phi) is 4.14. The Morgan fingerprint density at radius 1 is 1.00 bits per heavy atom. The van der Waals surface area contributed by atoms with Crippen LogP contribution in [-0.2, 0) is 10.0 Å². The van der Waals surface area contributed by atoms with Crippen LogP contribution in [0.15, 0.2) is 41.3 Å². The second-order valence-electron chi connectivity index (χ2n) is 7.01. The Morgan fingerprint density at radius 2 is 1.55 bits per heavy atom. The van der Waals surface area contributed by atoms with Crippen molar-refractivity contribution in [3.05, 3.63) is 36.4 Å². The quantitative estimate of drug-likeness (QED) is 0.864. The maximum Gasteiger partial charge on any atom is 0.250 e. The first-order valence-electron chi connectivity index (χ1n) is 7.17. The van der Waals surface area contributed by atoms with Crippen LogP contribution in [0.5, 0.6) is 5.75 Å². The molecule has 0 saturated heterocycles. The Bertz CT molecular complexity index is 808. The molecule has 2 rings (SSSR count). The molecule has 0 spiro atoms. The van der Waals surface area contributed by atoms with E-state index >= 15 is 0 Å². The molecule has 0 atom stereocenters. The molecule has 0 aliphatic carbocycles. The fraction of sp³-hybridized carbons (Fsp3) is 0.375. The van der Waals surface area contributed by atoms with E-state index in [1.807, 2.05) is 12.1 Å². The SMILES string of the molecule is CC(C)(C)[Si](C)(C)Oc1ccc(S(N)(=O)=O)c2ccccc12. The second-order valence-corrected chi connectivity index (χ2v) is 13.3. The summed E-state index contributed by atoms with van der Waals surface area (Å²) in [6.45, 7) is 10.8. The van der Waals surface area contributed by atoms with Crippen molar-refractivity contribution in [3.8, 4) is 5.75 Å². The highest BCUT2D eigenvalue weighted by Crippen LogP contribution is 2.40. The summed E-state index contributed by atoms with van der Waals surface area (Å²) in [5.41, 5.74) is 0. The van der Waals surface area contributed by atoms with Crippen LogP contribution in [0.1, 0.15) is 20.8 Å². The minimum absolute atomic E-state index is 0.0622. The number of sulfonamides is 1. The molecular weight excluding hydrogens is 314 g/mol. The van der Waals surface area contributed by atoms with E-state index < -0.39 is 18.3 Å². The van der Waals surface area contributed by atoms with Gasteiger partial charge >= 0.3 is 0 Å². The molecule has 4 nitrogen and oxygen atoms in total. The van der Waals surface area contributed by atoms with Gasteiger partial charge in [0.15, 0.2) is 0 Å². The fourth-order valence-electron chi connectivity index (χ4n) is 2.01. The largest absolute Gasteiger partial charge is 0.543 e. The number of fused-ring (bicyclic) bond motifs is 1. The molecule has 0 unspecified atom stereocenters. The Morgan fingerprint density at radius 3 is 2.05 bits per heavy atom. The first kappa shape index (κ1) is 17.0. The predicted octanol–water partition coefficient (Wildman–Crippen LogP) is 3.87. The van der Waals surface area contributed by atoms with Crippen LogP contribution in [0.25, 0.3) is 10.8 Å². The highest BCUT2D eigenvalue weighted by molar-refractivity contribution is 7.89. The van der Waals surface area contributed by atoms with Crippen molar-refractivity contribution in [2.45, 2.75) is 43.8 Å². The highest BCUT2D eigenvalue weighted by Gasteiger charge is 2.39. The van der Waals surface area contributed by atoms with E-state index in [0.29, 0.717) is 5.39 Å². The molecule has 2 N–H and O–H groups in total. The van der Waals surface area contributed by atoms with Gasteiger partial charge in [-0.1, -0.05) is 45.0 Å². The zero-order valence-corrected chi connectivity index (χ0v) is 15.5. The van der Waals surface area contributed by atoms with Crippen LogP contribution in [-0.4, -0.2) is 16.7 Å². The van der Waals surface area contributed by atoms with E-state index in [1.165, 1.54) is 6.07 Å². The summed E-state index contributed by atoms with van der Waals surface area (Å²) in [6, 6.07) is 10.5. The summed E-state index contributed by atoms with van der Waals surface area (Å²) in [5.74, 6) is 0.717. The lowest BCUT2D eigenvalue weighted by molar-refractivity contribution is 0.496. The Balaban J connectivity index is 2.64. The molecule has 0 heterocycles. The van der Waals surface area contributed by atoms with E-state index in [-0.39, 0.29) is 9.93 Å². The Labute approximate surface area is 133 Å². The number of benzene rings is 2. The lowest BCUT2D eigenvalue weighted by atomic mass is 10.1. The van der Waals surface area contributed by atoms with E-state index in [1.54, 1.807) is 18.2 Å². The van der Waals surface area contributed by atoms with E-state index in [9.17, 15) is 8.42 Å². The third-order valence-electron chi connectivity index (χ3n) is 4.32. The van der Waals surface area contributed by atoms with E-state index in [0.717, 1.165) is 11.1 Å². The summed E-state index contributed by atoms with van der Waals surface area (Å²) < 4.78 is 29.8. The second kappa shape index (κ2) is 5.37. The third kappa shape index (κ3) is 3.19. The molecule has 22 heavy (non-hydrogen) atoms. The van der Waals surface area contributed by atoms with Crippen molar-refractivity contribution in [1.82, 2.24) is 0 Å². The number of hydrogen-bond acceptors (Lipinski definition) is 3. The van der Waals surface area contributed by atoms with Gasteiger partial charge in [0.1, 0.15) is 5.75 Å². The molecule has 0 aliphatic rings. The Hall–Kier alpha value is -1.37. The standard InChI is InChI=1S/C16H23NO3SSi/c1-16(2,3)22(4,5)20-14-10-11-15(21(17,18)19)13-9-7-6-8-12(13)14/h6-11H,1-5H3,(H2,17,18,19). The molecular formula is C16H23NO3SSi. The van der Waals surface area contributed by atoms with E-state index in [4.69, 9.17) is 9.56 Å². The molecule has 0 aliphatic heterocycles. The summed E-state index contributed by atoms with van der Waals surface area (Å²) in [5, 5.41) is 6.75. The van der Waals surface area contributed by atoms with Gasteiger partial charge < -0.3 is 4.43 Å². The average Bonchev–Trinajstić information content (AvgIpc) is 2.36. The van der Waals surface area contributed by atoms with Gasteiger partial charge in [-0.15, -0.1) is 0 Å². The number of nitrogens with two attached hydrogens (primary N) is 1. The van der Waals surface area contributed by atoms with Crippen LogP contribution >= 0.6 is 0 Å². The summed E-state index contributed by atoms with van der Waals surface area (Å²) in [7, 11) is -5.77. The average molecular weight is 338 g/mol. The third-order valence-corrected chi connectivity index (χ3v) is 9.63. The van der Waals surface area contributed by atoms with Crippen molar-refractivity contribution < 1.29 is 12.8 Å². The molecule has 2 aromatic carbocycles. The first-order valence-corrected chi connectivity index (χ1v) is 11.6. The van der Waals surface area contributed by atoms with Gasteiger partial charge in [-0.2, -0.15) is 0 Å². The zero-order chi connectivity index (χ0) is 16.8. The molecule has 0 radical (unpaired) electrons. The fourth-order valence-corrected chi connectivity index (χ4v) is 3.79. The van der Waals surface area contributed by atoms with Crippen molar-refractivity contribution in [2.75, 3.05) is 0 Å². The number of rotatable bonds is 3. The summed E-state index contributed by atoms with van der Waals surface area (Å²) in [6.07, 6.45) is 0. The molecule has 2 aromatic rings. The highest BCUT2D eigenvalue weighted by atomic mass is 32.2. The van der Waals surface area contributed by atoms with Crippen molar-refractivity contribution in [3.63, 3.8) is 0 Å². The maximum atomic E-state index is 11.7. The molecule has 0 bridgehead atoms.